The average Bonchev–Trinajstić information content (AvgIpc) is 2.53. The Labute approximate surface area is 148 Å². The molecule has 140 valence electrons. The van der Waals surface area contributed by atoms with Gasteiger partial charge in [0.1, 0.15) is 0 Å². The van der Waals surface area contributed by atoms with Crippen LogP contribution >= 0.6 is 0 Å². The fourth-order valence-corrected chi connectivity index (χ4v) is 2.88. The van der Waals surface area contributed by atoms with Gasteiger partial charge in [-0.25, -0.2) is 0 Å². The molecule has 0 heterocycles. The van der Waals surface area contributed by atoms with Gasteiger partial charge in [0.15, 0.2) is 0 Å². The van der Waals surface area contributed by atoms with Crippen LogP contribution in [0, 0.1) is 0 Å². The summed E-state index contributed by atoms with van der Waals surface area (Å²) < 4.78 is 0. The van der Waals surface area contributed by atoms with Gasteiger partial charge >= 0.3 is 0 Å². The molecule has 0 aromatic rings. The summed E-state index contributed by atoms with van der Waals surface area (Å²) in [4.78, 5) is 21.1. The number of hydrogen-bond donors (Lipinski definition) is 2. The van der Waals surface area contributed by atoms with Crippen molar-refractivity contribution in [2.24, 2.45) is 11.5 Å². The second kappa shape index (κ2) is 18.0. The van der Waals surface area contributed by atoms with E-state index in [9.17, 15) is 9.59 Å². The molecule has 0 atom stereocenters. The summed E-state index contributed by atoms with van der Waals surface area (Å²) in [5.74, 6) is -0.520. The summed E-state index contributed by atoms with van der Waals surface area (Å²) >= 11 is 0. The molecule has 4 heteroatoms. The molecule has 0 aliphatic rings. The monoisotopic (exact) mass is 338 g/mol. The molecule has 0 aromatic heterocycles. The Morgan fingerprint density at radius 3 is 1.33 bits per heavy atom. The third-order valence-electron chi connectivity index (χ3n) is 4.33. The number of carbonyl (C=O) groups is 2. The largest absolute Gasteiger partial charge is 0.370 e. The van der Waals surface area contributed by atoms with Crippen LogP contribution in [0.2, 0.25) is 0 Å². The lowest BCUT2D eigenvalue weighted by Crippen LogP contribution is -2.09. The Morgan fingerprint density at radius 1 is 0.583 bits per heavy atom. The van der Waals surface area contributed by atoms with Crippen molar-refractivity contribution in [2.75, 3.05) is 0 Å². The van der Waals surface area contributed by atoms with E-state index in [1.54, 1.807) is 0 Å². The molecule has 0 aliphatic carbocycles. The minimum atomic E-state index is -0.349. The van der Waals surface area contributed by atoms with Gasteiger partial charge in [-0.3, -0.25) is 9.59 Å². The molecule has 2 amide bonds. The van der Waals surface area contributed by atoms with Gasteiger partial charge in [0.2, 0.25) is 11.8 Å². The Morgan fingerprint density at radius 2 is 0.958 bits per heavy atom. The first-order valence-corrected chi connectivity index (χ1v) is 9.87. The maximum atomic E-state index is 10.6. The molecule has 0 spiro atoms. The van der Waals surface area contributed by atoms with E-state index in [2.05, 4.69) is 0 Å². The molecule has 0 radical (unpaired) electrons. The highest BCUT2D eigenvalue weighted by Gasteiger charge is 1.96. The number of primary amides is 2. The van der Waals surface area contributed by atoms with Crippen LogP contribution in [0.3, 0.4) is 0 Å². The van der Waals surface area contributed by atoms with E-state index in [1.165, 1.54) is 76.7 Å². The van der Waals surface area contributed by atoms with Gasteiger partial charge in [-0.15, -0.1) is 0 Å². The van der Waals surface area contributed by atoms with Crippen LogP contribution in [0.15, 0.2) is 12.2 Å². The quantitative estimate of drug-likeness (QED) is 0.279. The molecule has 0 rings (SSSR count). The van der Waals surface area contributed by atoms with Crippen molar-refractivity contribution in [2.45, 2.75) is 103 Å². The topological polar surface area (TPSA) is 86.2 Å². The van der Waals surface area contributed by atoms with E-state index in [1.807, 2.05) is 6.08 Å². The normalized spacial score (nSPS) is 11.2. The lowest BCUT2D eigenvalue weighted by atomic mass is 10.0. The lowest BCUT2D eigenvalue weighted by Gasteiger charge is -2.03. The molecule has 0 aliphatic heterocycles. The van der Waals surface area contributed by atoms with E-state index in [4.69, 9.17) is 11.5 Å². The number of nitrogens with two attached hydrogens (primary N) is 2. The molecular formula is C20H38N2O2. The molecule has 0 saturated carbocycles. The van der Waals surface area contributed by atoms with Crippen molar-refractivity contribution in [1.29, 1.82) is 0 Å². The molecular weight excluding hydrogens is 300 g/mol. The lowest BCUT2D eigenvalue weighted by molar-refractivity contribution is -0.118. The number of rotatable bonds is 18. The van der Waals surface area contributed by atoms with Gasteiger partial charge in [0, 0.05) is 6.42 Å². The Balaban J connectivity index is 3.05. The van der Waals surface area contributed by atoms with Gasteiger partial charge in [-0.1, -0.05) is 83.1 Å². The van der Waals surface area contributed by atoms with Crippen molar-refractivity contribution in [3.8, 4) is 0 Å². The molecule has 0 aromatic carbocycles. The molecule has 4 nitrogen and oxygen atoms in total. The second-order valence-electron chi connectivity index (χ2n) is 6.76. The standard InChI is InChI=1S/C20H38N2O2/c21-19(23)17-15-13-11-9-7-5-3-1-2-4-6-8-10-12-14-16-18-20(22)24/h15,17H,1-14,16,18H2,(H2,21,23)(H2,22,24). The zero-order valence-corrected chi connectivity index (χ0v) is 15.4. The van der Waals surface area contributed by atoms with Gasteiger partial charge in [0.05, 0.1) is 0 Å². The van der Waals surface area contributed by atoms with E-state index < -0.39 is 0 Å². The Hall–Kier alpha value is -1.32. The minimum Gasteiger partial charge on any atom is -0.370 e. The summed E-state index contributed by atoms with van der Waals surface area (Å²) in [6, 6.07) is 0. The number of allylic oxidation sites excluding steroid dienone is 1. The Kier molecular flexibility index (Phi) is 17.0. The van der Waals surface area contributed by atoms with E-state index in [0.29, 0.717) is 6.42 Å². The summed E-state index contributed by atoms with van der Waals surface area (Å²) in [5, 5.41) is 0. The van der Waals surface area contributed by atoms with E-state index in [0.717, 1.165) is 25.7 Å². The zero-order valence-electron chi connectivity index (χ0n) is 15.4. The molecule has 0 unspecified atom stereocenters. The second-order valence-corrected chi connectivity index (χ2v) is 6.76. The third-order valence-corrected chi connectivity index (χ3v) is 4.33. The summed E-state index contributed by atoms with van der Waals surface area (Å²) in [7, 11) is 0. The van der Waals surface area contributed by atoms with Gasteiger partial charge in [-0.05, 0) is 25.3 Å². The van der Waals surface area contributed by atoms with Crippen LogP contribution in [-0.4, -0.2) is 11.8 Å². The van der Waals surface area contributed by atoms with Crippen LogP contribution in [0.4, 0.5) is 0 Å². The van der Waals surface area contributed by atoms with Crippen LogP contribution in [0.1, 0.15) is 103 Å². The molecule has 0 saturated heterocycles. The van der Waals surface area contributed by atoms with Crippen LogP contribution < -0.4 is 11.5 Å². The van der Waals surface area contributed by atoms with Gasteiger partial charge in [0.25, 0.3) is 0 Å². The van der Waals surface area contributed by atoms with Crippen molar-refractivity contribution >= 4 is 11.8 Å². The molecule has 24 heavy (non-hydrogen) atoms. The summed E-state index contributed by atoms with van der Waals surface area (Å²) in [5.41, 5.74) is 10.1. The first-order valence-electron chi connectivity index (χ1n) is 9.87. The highest BCUT2D eigenvalue weighted by Crippen LogP contribution is 2.13. The fraction of sp³-hybridized carbons (Fsp3) is 0.800. The van der Waals surface area contributed by atoms with Gasteiger partial charge in [-0.2, -0.15) is 0 Å². The average molecular weight is 339 g/mol. The zero-order chi connectivity index (χ0) is 17.9. The predicted octanol–water partition coefficient (Wildman–Crippen LogP) is 4.75. The van der Waals surface area contributed by atoms with Crippen molar-refractivity contribution in [3.63, 3.8) is 0 Å². The first kappa shape index (κ1) is 22.7. The highest BCUT2D eigenvalue weighted by atomic mass is 16.1. The van der Waals surface area contributed by atoms with Crippen molar-refractivity contribution < 1.29 is 9.59 Å². The predicted molar refractivity (Wildman–Crippen MR) is 101 cm³/mol. The highest BCUT2D eigenvalue weighted by molar-refractivity contribution is 5.85. The van der Waals surface area contributed by atoms with E-state index in [-0.39, 0.29) is 11.8 Å². The maximum absolute atomic E-state index is 10.6. The summed E-state index contributed by atoms with van der Waals surface area (Å²) in [6.45, 7) is 0. The third kappa shape index (κ3) is 20.7. The molecule has 0 bridgehead atoms. The van der Waals surface area contributed by atoms with E-state index >= 15 is 0 Å². The SMILES string of the molecule is NC(=O)C=CCCCCCCCCCCCCCCCCC(N)=O. The smallest absolute Gasteiger partial charge is 0.241 e. The summed E-state index contributed by atoms with van der Waals surface area (Å²) in [6.07, 6.45) is 22.6. The number of amides is 2. The number of carbonyl (C=O) groups excluding carboxylic acids is 2. The number of hydrogen-bond acceptors (Lipinski definition) is 2. The molecule has 0 fully saturated rings. The maximum Gasteiger partial charge on any atom is 0.241 e. The number of unbranched alkanes of at least 4 members (excludes halogenated alkanes) is 14. The van der Waals surface area contributed by atoms with Crippen LogP contribution in [0.25, 0.3) is 0 Å². The molecule has 4 N–H and O–H groups in total. The van der Waals surface area contributed by atoms with Crippen molar-refractivity contribution in [1.82, 2.24) is 0 Å². The minimum absolute atomic E-state index is 0.171. The van der Waals surface area contributed by atoms with Crippen LogP contribution in [-0.2, 0) is 9.59 Å². The van der Waals surface area contributed by atoms with Crippen LogP contribution in [0.5, 0.6) is 0 Å². The Bertz CT molecular complexity index is 341. The van der Waals surface area contributed by atoms with Crippen molar-refractivity contribution in [3.05, 3.63) is 12.2 Å². The first-order chi connectivity index (χ1) is 11.6. The fourth-order valence-electron chi connectivity index (χ4n) is 2.88. The van der Waals surface area contributed by atoms with Gasteiger partial charge < -0.3 is 11.5 Å².